The summed E-state index contributed by atoms with van der Waals surface area (Å²) in [5.74, 6) is 0.690. The van der Waals surface area contributed by atoms with Crippen molar-refractivity contribution in [2.45, 2.75) is 25.8 Å². The number of aryl methyl sites for hydroxylation is 1. The average molecular weight is 383 g/mol. The van der Waals surface area contributed by atoms with Crippen LogP contribution in [0.2, 0.25) is 0 Å². The van der Waals surface area contributed by atoms with Crippen LogP contribution in [-0.4, -0.2) is 46.2 Å². The monoisotopic (exact) mass is 382 g/mol. The van der Waals surface area contributed by atoms with E-state index >= 15 is 0 Å². The molecule has 1 amide bonds. The molecule has 0 aromatic heterocycles. The van der Waals surface area contributed by atoms with E-state index in [2.05, 4.69) is 34.5 Å². The molecule has 3 rings (SSSR count). The number of likely N-dealkylation sites (tertiary alicyclic amines) is 1. The number of quaternary nitrogens is 1. The molecule has 1 heterocycles. The Kier molecular flexibility index (Phi) is 6.93. The lowest BCUT2D eigenvalue weighted by molar-refractivity contribution is -0.918. The predicted molar refractivity (Wildman–Crippen MR) is 113 cm³/mol. The molecule has 150 valence electrons. The Balaban J connectivity index is 1.60. The lowest BCUT2D eigenvalue weighted by Gasteiger charge is -2.26. The lowest BCUT2D eigenvalue weighted by Crippen LogP contribution is -3.11. The Morgan fingerprint density at radius 1 is 1.11 bits per heavy atom. The highest BCUT2D eigenvalue weighted by Gasteiger charge is 2.27. The van der Waals surface area contributed by atoms with Crippen molar-refractivity contribution in [1.29, 1.82) is 0 Å². The van der Waals surface area contributed by atoms with Crippen molar-refractivity contribution in [3.63, 3.8) is 0 Å². The van der Waals surface area contributed by atoms with Crippen molar-refractivity contribution in [3.05, 3.63) is 59.7 Å². The van der Waals surface area contributed by atoms with Crippen LogP contribution in [0.15, 0.2) is 48.5 Å². The van der Waals surface area contributed by atoms with Gasteiger partial charge in [-0.05, 0) is 30.7 Å². The van der Waals surface area contributed by atoms with Gasteiger partial charge >= 0.3 is 0 Å². The number of hydrogen-bond acceptors (Lipinski definition) is 3. The third-order valence-electron chi connectivity index (χ3n) is 5.51. The number of hydrogen-bond donors (Lipinski definition) is 2. The molecule has 1 fully saturated rings. The molecule has 5 heteroatoms. The molecule has 0 radical (unpaired) electrons. The number of ether oxygens (including phenoxy) is 1. The Morgan fingerprint density at radius 2 is 1.79 bits per heavy atom. The number of para-hydroxylation sites is 1. The Hall–Kier alpha value is -2.53. The van der Waals surface area contributed by atoms with Crippen LogP contribution in [0.25, 0.3) is 0 Å². The number of nitrogens with zero attached hydrogens (tertiary/aromatic N) is 1. The minimum atomic E-state index is -0.0724. The van der Waals surface area contributed by atoms with E-state index in [1.54, 1.807) is 4.90 Å². The largest absolute Gasteiger partial charge is 0.484 e. The fourth-order valence-electron chi connectivity index (χ4n) is 3.81. The number of nitrogens with one attached hydrogen (secondary N) is 2. The Labute approximate surface area is 168 Å². The second-order valence-electron chi connectivity index (χ2n) is 7.76. The summed E-state index contributed by atoms with van der Waals surface area (Å²) in [4.78, 5) is 16.0. The molecule has 0 unspecified atom stereocenters. The second-order valence-corrected chi connectivity index (χ2v) is 7.76. The van der Waals surface area contributed by atoms with E-state index in [1.807, 2.05) is 45.3 Å². The SMILES string of the molecule is Cc1ccccc1OCC(=O)NC[C@@H](c1ccc(N(C)C)cc1)[NH+]1CCCC1. The van der Waals surface area contributed by atoms with Crippen molar-refractivity contribution in [3.8, 4) is 5.75 Å². The van der Waals surface area contributed by atoms with Crippen molar-refractivity contribution in [2.24, 2.45) is 0 Å². The van der Waals surface area contributed by atoms with Crippen LogP contribution in [0.5, 0.6) is 5.75 Å². The van der Waals surface area contributed by atoms with Gasteiger partial charge in [-0.1, -0.05) is 30.3 Å². The van der Waals surface area contributed by atoms with Gasteiger partial charge in [0.2, 0.25) is 0 Å². The minimum Gasteiger partial charge on any atom is -0.484 e. The number of amides is 1. The van der Waals surface area contributed by atoms with E-state index < -0.39 is 0 Å². The number of carbonyl (C=O) groups is 1. The number of carbonyl (C=O) groups excluding carboxylic acids is 1. The van der Waals surface area contributed by atoms with Gasteiger partial charge in [0.15, 0.2) is 6.61 Å². The first-order valence-corrected chi connectivity index (χ1v) is 10.1. The van der Waals surface area contributed by atoms with Gasteiger partial charge in [0.05, 0.1) is 19.6 Å². The predicted octanol–water partition coefficient (Wildman–Crippen LogP) is 1.98. The molecule has 0 saturated carbocycles. The molecule has 0 aliphatic carbocycles. The zero-order valence-corrected chi connectivity index (χ0v) is 17.2. The van der Waals surface area contributed by atoms with Gasteiger partial charge in [0, 0.05) is 38.2 Å². The zero-order chi connectivity index (χ0) is 19.9. The average Bonchev–Trinajstić information content (AvgIpc) is 3.22. The zero-order valence-electron chi connectivity index (χ0n) is 17.2. The van der Waals surface area contributed by atoms with E-state index in [4.69, 9.17) is 4.74 Å². The molecule has 2 N–H and O–H groups in total. The summed E-state index contributed by atoms with van der Waals surface area (Å²) in [5.41, 5.74) is 3.51. The smallest absolute Gasteiger partial charge is 0.258 e. The highest BCUT2D eigenvalue weighted by atomic mass is 16.5. The third-order valence-corrected chi connectivity index (χ3v) is 5.51. The van der Waals surface area contributed by atoms with Crippen LogP contribution >= 0.6 is 0 Å². The maximum atomic E-state index is 12.4. The third kappa shape index (κ3) is 5.26. The molecule has 1 aliphatic heterocycles. The molecular weight excluding hydrogens is 350 g/mol. The number of benzene rings is 2. The normalized spacial score (nSPS) is 15.2. The first kappa shape index (κ1) is 20.2. The van der Waals surface area contributed by atoms with Gasteiger partial charge in [0.1, 0.15) is 11.8 Å². The van der Waals surface area contributed by atoms with Crippen molar-refractivity contribution in [2.75, 3.05) is 45.2 Å². The van der Waals surface area contributed by atoms with E-state index in [-0.39, 0.29) is 18.6 Å². The fraction of sp³-hybridized carbons (Fsp3) is 0.435. The Morgan fingerprint density at radius 3 is 2.43 bits per heavy atom. The molecule has 2 aromatic carbocycles. The van der Waals surface area contributed by atoms with E-state index in [1.165, 1.54) is 24.1 Å². The summed E-state index contributed by atoms with van der Waals surface area (Å²) in [5, 5.41) is 3.09. The minimum absolute atomic E-state index is 0.0481. The summed E-state index contributed by atoms with van der Waals surface area (Å²) in [6.07, 6.45) is 2.51. The molecule has 5 nitrogen and oxygen atoms in total. The topological polar surface area (TPSA) is 46.0 Å². The first-order chi connectivity index (χ1) is 13.5. The standard InChI is InChI=1S/C23H31N3O2/c1-18-8-4-5-9-22(18)28-17-23(27)24-16-21(26-14-6-7-15-26)19-10-12-20(13-11-19)25(2)3/h4-5,8-13,21H,6-7,14-17H2,1-3H3,(H,24,27)/p+1/t21-/m0/s1. The van der Waals surface area contributed by atoms with E-state index in [0.29, 0.717) is 6.54 Å². The van der Waals surface area contributed by atoms with Gasteiger partial charge < -0.3 is 19.9 Å². The van der Waals surface area contributed by atoms with Crippen LogP contribution in [0.4, 0.5) is 5.69 Å². The molecule has 2 aromatic rings. The molecular formula is C23H32N3O2+. The second kappa shape index (κ2) is 9.60. The van der Waals surface area contributed by atoms with Gasteiger partial charge in [0.25, 0.3) is 5.91 Å². The maximum absolute atomic E-state index is 12.4. The summed E-state index contributed by atoms with van der Waals surface area (Å²) in [6, 6.07) is 16.7. The van der Waals surface area contributed by atoms with Crippen LogP contribution in [0.1, 0.15) is 30.0 Å². The van der Waals surface area contributed by atoms with Crippen molar-refractivity contribution in [1.82, 2.24) is 5.32 Å². The number of rotatable bonds is 8. The summed E-state index contributed by atoms with van der Waals surface area (Å²) < 4.78 is 5.68. The summed E-state index contributed by atoms with van der Waals surface area (Å²) >= 11 is 0. The summed E-state index contributed by atoms with van der Waals surface area (Å²) in [7, 11) is 4.10. The quantitative estimate of drug-likeness (QED) is 0.734. The van der Waals surface area contributed by atoms with Gasteiger partial charge in [-0.2, -0.15) is 0 Å². The molecule has 1 saturated heterocycles. The van der Waals surface area contributed by atoms with Gasteiger partial charge in [-0.3, -0.25) is 4.79 Å². The Bertz CT molecular complexity index is 768. The van der Waals surface area contributed by atoms with E-state index in [9.17, 15) is 4.79 Å². The van der Waals surface area contributed by atoms with Crippen molar-refractivity contribution < 1.29 is 14.4 Å². The lowest BCUT2D eigenvalue weighted by atomic mass is 10.0. The maximum Gasteiger partial charge on any atom is 0.258 e. The van der Waals surface area contributed by atoms with Gasteiger partial charge in [-0.15, -0.1) is 0 Å². The van der Waals surface area contributed by atoms with Gasteiger partial charge in [-0.25, -0.2) is 0 Å². The van der Waals surface area contributed by atoms with Crippen molar-refractivity contribution >= 4 is 11.6 Å². The molecule has 0 bridgehead atoms. The molecule has 28 heavy (non-hydrogen) atoms. The van der Waals surface area contributed by atoms with Crippen LogP contribution in [0, 0.1) is 6.92 Å². The van der Waals surface area contributed by atoms with Crippen LogP contribution < -0.4 is 19.9 Å². The first-order valence-electron chi connectivity index (χ1n) is 10.1. The number of anilines is 1. The summed E-state index contributed by atoms with van der Waals surface area (Å²) in [6.45, 7) is 4.99. The highest BCUT2D eigenvalue weighted by molar-refractivity contribution is 5.77. The molecule has 0 spiro atoms. The highest BCUT2D eigenvalue weighted by Crippen LogP contribution is 2.18. The fourth-order valence-corrected chi connectivity index (χ4v) is 3.81. The van der Waals surface area contributed by atoms with E-state index in [0.717, 1.165) is 24.4 Å². The van der Waals surface area contributed by atoms with Crippen LogP contribution in [0.3, 0.4) is 0 Å². The van der Waals surface area contributed by atoms with Crippen LogP contribution in [-0.2, 0) is 4.79 Å². The molecule has 1 atom stereocenters. The molecule has 1 aliphatic rings.